The van der Waals surface area contributed by atoms with E-state index in [1.165, 1.54) is 12.1 Å². The topological polar surface area (TPSA) is 58.2 Å². The molecule has 2 N–H and O–H groups in total. The summed E-state index contributed by atoms with van der Waals surface area (Å²) >= 11 is 0. The summed E-state index contributed by atoms with van der Waals surface area (Å²) in [5.41, 5.74) is 2.00. The van der Waals surface area contributed by atoms with Crippen LogP contribution < -0.4 is 10.6 Å². The van der Waals surface area contributed by atoms with Crippen LogP contribution in [0.5, 0.6) is 0 Å². The number of hydrogen-bond donors (Lipinski definition) is 2. The van der Waals surface area contributed by atoms with Crippen LogP contribution in [0.15, 0.2) is 48.5 Å². The van der Waals surface area contributed by atoms with E-state index in [9.17, 15) is 14.0 Å². The number of amides is 2. The second-order valence-electron chi connectivity index (χ2n) is 5.68. The van der Waals surface area contributed by atoms with Gasteiger partial charge in [0.25, 0.3) is 0 Å². The fourth-order valence-corrected chi connectivity index (χ4v) is 2.81. The second kappa shape index (κ2) is 6.20. The van der Waals surface area contributed by atoms with Crippen molar-refractivity contribution in [3.63, 3.8) is 0 Å². The van der Waals surface area contributed by atoms with Crippen LogP contribution in [0.25, 0.3) is 0 Å². The Hall–Kier alpha value is -2.69. The van der Waals surface area contributed by atoms with E-state index in [2.05, 4.69) is 10.6 Å². The molecular formula is C18H17FN2O2. The van der Waals surface area contributed by atoms with E-state index in [0.717, 1.165) is 5.56 Å². The molecule has 0 unspecified atom stereocenters. The maximum Gasteiger partial charge on any atom is 0.228 e. The number of anilines is 1. The van der Waals surface area contributed by atoms with Crippen molar-refractivity contribution >= 4 is 17.5 Å². The molecule has 2 amide bonds. The molecule has 3 rings (SSSR count). The van der Waals surface area contributed by atoms with E-state index in [4.69, 9.17) is 0 Å². The highest BCUT2D eigenvalue weighted by Crippen LogP contribution is 2.33. The molecule has 0 bridgehead atoms. The minimum Gasteiger partial charge on any atom is -0.349 e. The normalized spacial score (nSPS) is 17.8. The van der Waals surface area contributed by atoms with Crippen molar-refractivity contribution in [2.24, 2.45) is 0 Å². The standard InChI is InChI=1S/C18H17FN2O2/c1-11(12-5-3-2-4-6-12)20-18(23)15-10-17(22)21-16-9-13(19)7-8-14(15)16/h2-9,11,15H,10H2,1H3,(H,20,23)(H,21,22)/t11-,15+/m0/s1. The van der Waals surface area contributed by atoms with E-state index in [-0.39, 0.29) is 24.3 Å². The highest BCUT2D eigenvalue weighted by molar-refractivity contribution is 6.01. The van der Waals surface area contributed by atoms with E-state index >= 15 is 0 Å². The van der Waals surface area contributed by atoms with Gasteiger partial charge in [0.1, 0.15) is 5.82 Å². The average Bonchev–Trinajstić information content (AvgIpc) is 2.54. The number of fused-ring (bicyclic) bond motifs is 1. The molecular weight excluding hydrogens is 295 g/mol. The lowest BCUT2D eigenvalue weighted by Gasteiger charge is -2.26. The molecule has 2 atom stereocenters. The van der Waals surface area contributed by atoms with Crippen LogP contribution in [0.3, 0.4) is 0 Å². The number of halogens is 1. The molecule has 2 aromatic carbocycles. The van der Waals surface area contributed by atoms with Gasteiger partial charge in [-0.2, -0.15) is 0 Å². The Morgan fingerprint density at radius 2 is 2.00 bits per heavy atom. The third kappa shape index (κ3) is 3.23. The Bertz CT molecular complexity index is 746. The number of carbonyl (C=O) groups excluding carboxylic acids is 2. The van der Waals surface area contributed by atoms with Crippen molar-refractivity contribution in [1.82, 2.24) is 5.32 Å². The maximum absolute atomic E-state index is 13.3. The third-order valence-corrected chi connectivity index (χ3v) is 4.03. The summed E-state index contributed by atoms with van der Waals surface area (Å²) in [6.07, 6.45) is 0.0615. The molecule has 0 fully saturated rings. The molecule has 0 saturated carbocycles. The first-order chi connectivity index (χ1) is 11.0. The van der Waals surface area contributed by atoms with Crippen LogP contribution >= 0.6 is 0 Å². The van der Waals surface area contributed by atoms with Gasteiger partial charge >= 0.3 is 0 Å². The molecule has 118 valence electrons. The lowest BCUT2D eigenvalue weighted by atomic mass is 9.89. The van der Waals surface area contributed by atoms with Gasteiger partial charge in [0.15, 0.2) is 0 Å². The fraction of sp³-hybridized carbons (Fsp3) is 0.222. The monoisotopic (exact) mass is 312 g/mol. The molecule has 23 heavy (non-hydrogen) atoms. The molecule has 1 aliphatic rings. The summed E-state index contributed by atoms with van der Waals surface area (Å²) in [5, 5.41) is 5.54. The van der Waals surface area contributed by atoms with E-state index < -0.39 is 11.7 Å². The van der Waals surface area contributed by atoms with E-state index in [1.54, 1.807) is 6.07 Å². The minimum absolute atomic E-state index is 0.0615. The van der Waals surface area contributed by atoms with Crippen molar-refractivity contribution in [3.8, 4) is 0 Å². The van der Waals surface area contributed by atoms with Gasteiger partial charge in [-0.1, -0.05) is 36.4 Å². The molecule has 0 spiro atoms. The Labute approximate surface area is 133 Å². The predicted octanol–water partition coefficient (Wildman–Crippen LogP) is 3.13. The third-order valence-electron chi connectivity index (χ3n) is 4.03. The Morgan fingerprint density at radius 1 is 1.26 bits per heavy atom. The van der Waals surface area contributed by atoms with Gasteiger partial charge in [0, 0.05) is 12.1 Å². The van der Waals surface area contributed by atoms with Crippen molar-refractivity contribution in [1.29, 1.82) is 0 Å². The number of rotatable bonds is 3. The molecule has 0 saturated heterocycles. The first kappa shape index (κ1) is 15.2. The highest BCUT2D eigenvalue weighted by Gasteiger charge is 2.31. The molecule has 5 heteroatoms. The first-order valence-electron chi connectivity index (χ1n) is 7.49. The van der Waals surface area contributed by atoms with Gasteiger partial charge < -0.3 is 10.6 Å². The van der Waals surface area contributed by atoms with Gasteiger partial charge in [-0.25, -0.2) is 4.39 Å². The molecule has 0 aliphatic carbocycles. The van der Waals surface area contributed by atoms with Crippen LogP contribution in [0.4, 0.5) is 10.1 Å². The molecule has 0 radical (unpaired) electrons. The quantitative estimate of drug-likeness (QED) is 0.915. The molecule has 0 aromatic heterocycles. The fourth-order valence-electron chi connectivity index (χ4n) is 2.81. The lowest BCUT2D eigenvalue weighted by molar-refractivity contribution is -0.126. The predicted molar refractivity (Wildman–Crippen MR) is 85.4 cm³/mol. The number of carbonyl (C=O) groups is 2. The van der Waals surface area contributed by atoms with Crippen LogP contribution in [0.1, 0.15) is 36.4 Å². The van der Waals surface area contributed by atoms with Crippen molar-refractivity contribution in [2.75, 3.05) is 5.32 Å². The van der Waals surface area contributed by atoms with Gasteiger partial charge in [-0.3, -0.25) is 9.59 Å². The van der Waals surface area contributed by atoms with Crippen LogP contribution in [-0.2, 0) is 9.59 Å². The summed E-state index contributed by atoms with van der Waals surface area (Å²) in [7, 11) is 0. The van der Waals surface area contributed by atoms with Crippen molar-refractivity contribution in [2.45, 2.75) is 25.3 Å². The Kier molecular flexibility index (Phi) is 4.10. The first-order valence-corrected chi connectivity index (χ1v) is 7.49. The number of benzene rings is 2. The van der Waals surface area contributed by atoms with Crippen LogP contribution in [0, 0.1) is 5.82 Å². The lowest BCUT2D eigenvalue weighted by Crippen LogP contribution is -2.36. The van der Waals surface area contributed by atoms with Gasteiger partial charge in [-0.05, 0) is 30.2 Å². The molecule has 1 aliphatic heterocycles. The molecule has 2 aromatic rings. The largest absolute Gasteiger partial charge is 0.349 e. The minimum atomic E-state index is -0.606. The van der Waals surface area contributed by atoms with Gasteiger partial charge in [0.2, 0.25) is 11.8 Å². The molecule has 1 heterocycles. The molecule has 4 nitrogen and oxygen atoms in total. The van der Waals surface area contributed by atoms with Crippen molar-refractivity contribution in [3.05, 3.63) is 65.5 Å². The number of hydrogen-bond acceptors (Lipinski definition) is 2. The zero-order valence-corrected chi connectivity index (χ0v) is 12.7. The van der Waals surface area contributed by atoms with Crippen LogP contribution in [-0.4, -0.2) is 11.8 Å². The smallest absolute Gasteiger partial charge is 0.228 e. The summed E-state index contributed by atoms with van der Waals surface area (Å²) in [4.78, 5) is 24.4. The number of nitrogens with one attached hydrogen (secondary N) is 2. The maximum atomic E-state index is 13.3. The summed E-state index contributed by atoms with van der Waals surface area (Å²) < 4.78 is 13.3. The van der Waals surface area contributed by atoms with E-state index in [1.807, 2.05) is 37.3 Å². The highest BCUT2D eigenvalue weighted by atomic mass is 19.1. The second-order valence-corrected chi connectivity index (χ2v) is 5.68. The van der Waals surface area contributed by atoms with Gasteiger partial charge in [0.05, 0.1) is 12.0 Å². The zero-order chi connectivity index (χ0) is 16.4. The summed E-state index contributed by atoms with van der Waals surface area (Å²) in [6.45, 7) is 1.89. The Morgan fingerprint density at radius 3 is 2.74 bits per heavy atom. The van der Waals surface area contributed by atoms with Crippen LogP contribution in [0.2, 0.25) is 0 Å². The van der Waals surface area contributed by atoms with Crippen molar-refractivity contribution < 1.29 is 14.0 Å². The Balaban J connectivity index is 1.81. The van der Waals surface area contributed by atoms with E-state index in [0.29, 0.717) is 11.3 Å². The van der Waals surface area contributed by atoms with Gasteiger partial charge in [-0.15, -0.1) is 0 Å². The average molecular weight is 312 g/mol. The SMILES string of the molecule is C[C@H](NC(=O)[C@@H]1CC(=O)Nc2cc(F)ccc21)c1ccccc1. The zero-order valence-electron chi connectivity index (χ0n) is 12.7. The summed E-state index contributed by atoms with van der Waals surface area (Å²) in [6, 6.07) is 13.5. The summed E-state index contributed by atoms with van der Waals surface area (Å²) in [5.74, 6) is -1.56.